The third-order valence-corrected chi connectivity index (χ3v) is 3.27. The largest absolute Gasteiger partial charge is 0.352 e. The van der Waals surface area contributed by atoms with Crippen molar-refractivity contribution in [2.75, 3.05) is 5.32 Å². The van der Waals surface area contributed by atoms with Crippen LogP contribution in [0.5, 0.6) is 0 Å². The van der Waals surface area contributed by atoms with E-state index in [4.69, 9.17) is 5.26 Å². The summed E-state index contributed by atoms with van der Waals surface area (Å²) in [6.07, 6.45) is 1.48. The first-order chi connectivity index (χ1) is 10.1. The minimum absolute atomic E-state index is 0.0449. The lowest BCUT2D eigenvalue weighted by atomic mass is 10.0. The molecule has 0 unspecified atom stereocenters. The van der Waals surface area contributed by atoms with Crippen molar-refractivity contribution in [3.05, 3.63) is 29.8 Å². The number of rotatable bonds is 7. The van der Waals surface area contributed by atoms with Gasteiger partial charge in [0, 0.05) is 18.2 Å². The number of nitrogens with one attached hydrogen (secondary N) is 2. The van der Waals surface area contributed by atoms with Gasteiger partial charge >= 0.3 is 0 Å². The number of anilines is 1. The predicted octanol–water partition coefficient (Wildman–Crippen LogP) is 2.59. The average molecular weight is 287 g/mol. The van der Waals surface area contributed by atoms with E-state index in [-0.39, 0.29) is 24.2 Å². The van der Waals surface area contributed by atoms with Crippen LogP contribution in [0.15, 0.2) is 24.3 Å². The van der Waals surface area contributed by atoms with Gasteiger partial charge in [-0.1, -0.05) is 26.0 Å². The molecule has 0 aliphatic heterocycles. The topological polar surface area (TPSA) is 82.0 Å². The molecule has 0 aliphatic carbocycles. The molecule has 5 heteroatoms. The molecule has 0 radical (unpaired) electrons. The Morgan fingerprint density at radius 3 is 2.62 bits per heavy atom. The predicted molar refractivity (Wildman–Crippen MR) is 81.2 cm³/mol. The van der Waals surface area contributed by atoms with E-state index in [1.807, 2.05) is 19.9 Å². The number of carbonyl (C=O) groups is 2. The Kier molecular flexibility index (Phi) is 6.96. The maximum absolute atomic E-state index is 11.9. The molecule has 1 aromatic carbocycles. The van der Waals surface area contributed by atoms with Crippen LogP contribution in [-0.4, -0.2) is 11.8 Å². The summed E-state index contributed by atoms with van der Waals surface area (Å²) in [5.41, 5.74) is 1.54. The molecule has 0 spiro atoms. The molecular formula is C16H21N3O2. The van der Waals surface area contributed by atoms with E-state index in [1.54, 1.807) is 24.3 Å². The van der Waals surface area contributed by atoms with Crippen molar-refractivity contribution in [2.45, 2.75) is 39.7 Å². The summed E-state index contributed by atoms with van der Waals surface area (Å²) in [5.74, 6) is -0.238. The first-order valence-electron chi connectivity index (χ1n) is 7.14. The minimum atomic E-state index is -0.337. The number of amides is 2. The second-order valence-corrected chi connectivity index (χ2v) is 4.81. The van der Waals surface area contributed by atoms with Gasteiger partial charge in [-0.15, -0.1) is 0 Å². The molecule has 1 aromatic rings. The zero-order valence-corrected chi connectivity index (χ0v) is 12.5. The van der Waals surface area contributed by atoms with Gasteiger partial charge < -0.3 is 10.6 Å². The van der Waals surface area contributed by atoms with Crippen LogP contribution >= 0.6 is 0 Å². The van der Waals surface area contributed by atoms with E-state index < -0.39 is 0 Å². The number of carbonyl (C=O) groups excluding carboxylic acids is 2. The van der Waals surface area contributed by atoms with Gasteiger partial charge in [-0.05, 0) is 30.5 Å². The van der Waals surface area contributed by atoms with Crippen molar-refractivity contribution >= 4 is 17.5 Å². The third kappa shape index (κ3) is 5.65. The fraction of sp³-hybridized carbons (Fsp3) is 0.438. The molecule has 2 N–H and O–H groups in total. The quantitative estimate of drug-likeness (QED) is 0.808. The van der Waals surface area contributed by atoms with Crippen molar-refractivity contribution in [1.29, 1.82) is 5.26 Å². The van der Waals surface area contributed by atoms with Crippen molar-refractivity contribution in [2.24, 2.45) is 5.92 Å². The third-order valence-electron chi connectivity index (χ3n) is 3.27. The average Bonchev–Trinajstić information content (AvgIpc) is 2.47. The molecule has 2 amide bonds. The standard InChI is InChI=1S/C16H21N3O2/c1-3-13(4-2)16(21)18-11-12-6-5-7-14(10-12)19-15(20)8-9-17/h5-7,10,13H,3-4,8,11H2,1-2H3,(H,18,21)(H,19,20). The summed E-state index contributed by atoms with van der Waals surface area (Å²) in [5, 5.41) is 14.0. The SMILES string of the molecule is CCC(CC)C(=O)NCc1cccc(NC(=O)CC#N)c1. The van der Waals surface area contributed by atoms with E-state index in [0.29, 0.717) is 12.2 Å². The Morgan fingerprint density at radius 1 is 1.29 bits per heavy atom. The van der Waals surface area contributed by atoms with E-state index >= 15 is 0 Å². The smallest absolute Gasteiger partial charge is 0.238 e. The monoisotopic (exact) mass is 287 g/mol. The molecule has 1 rings (SSSR count). The fourth-order valence-electron chi connectivity index (χ4n) is 2.03. The van der Waals surface area contributed by atoms with Crippen molar-refractivity contribution in [1.82, 2.24) is 5.32 Å². The van der Waals surface area contributed by atoms with Gasteiger partial charge in [-0.3, -0.25) is 9.59 Å². The number of nitriles is 1. The summed E-state index contributed by atoms with van der Waals surface area (Å²) in [4.78, 5) is 23.3. The highest BCUT2D eigenvalue weighted by atomic mass is 16.2. The van der Waals surface area contributed by atoms with E-state index in [1.165, 1.54) is 0 Å². The Bertz CT molecular complexity index is 531. The van der Waals surface area contributed by atoms with Crippen LogP contribution in [0.1, 0.15) is 38.7 Å². The van der Waals surface area contributed by atoms with Crippen LogP contribution in [-0.2, 0) is 16.1 Å². The molecule has 5 nitrogen and oxygen atoms in total. The van der Waals surface area contributed by atoms with Gasteiger partial charge in [0.2, 0.25) is 11.8 Å². The molecule has 0 atom stereocenters. The summed E-state index contributed by atoms with van der Waals surface area (Å²) in [6, 6.07) is 9.03. The molecule has 0 fully saturated rings. The van der Waals surface area contributed by atoms with Crippen molar-refractivity contribution in [3.8, 4) is 6.07 Å². The Hall–Kier alpha value is -2.35. The number of benzene rings is 1. The molecule has 112 valence electrons. The first kappa shape index (κ1) is 16.7. The van der Waals surface area contributed by atoms with E-state index in [2.05, 4.69) is 10.6 Å². The van der Waals surface area contributed by atoms with Gasteiger partial charge in [0.05, 0.1) is 6.07 Å². The fourth-order valence-corrected chi connectivity index (χ4v) is 2.03. The zero-order valence-electron chi connectivity index (χ0n) is 12.5. The molecule has 0 aromatic heterocycles. The molecular weight excluding hydrogens is 266 g/mol. The van der Waals surface area contributed by atoms with Crippen LogP contribution in [0.4, 0.5) is 5.69 Å². The van der Waals surface area contributed by atoms with Gasteiger partial charge in [-0.25, -0.2) is 0 Å². The molecule has 0 saturated carbocycles. The van der Waals surface area contributed by atoms with Crippen molar-refractivity contribution in [3.63, 3.8) is 0 Å². The minimum Gasteiger partial charge on any atom is -0.352 e. The normalized spacial score (nSPS) is 10.0. The lowest BCUT2D eigenvalue weighted by Crippen LogP contribution is -2.29. The second-order valence-electron chi connectivity index (χ2n) is 4.81. The molecule has 0 heterocycles. The Morgan fingerprint density at radius 2 is 2.00 bits per heavy atom. The highest BCUT2D eigenvalue weighted by Gasteiger charge is 2.13. The maximum Gasteiger partial charge on any atom is 0.238 e. The lowest BCUT2D eigenvalue weighted by Gasteiger charge is -2.13. The highest BCUT2D eigenvalue weighted by molar-refractivity contribution is 5.92. The van der Waals surface area contributed by atoms with Crippen molar-refractivity contribution < 1.29 is 9.59 Å². The van der Waals surface area contributed by atoms with Crippen LogP contribution < -0.4 is 10.6 Å². The van der Waals surface area contributed by atoms with Crippen LogP contribution in [0.3, 0.4) is 0 Å². The summed E-state index contributed by atoms with van der Waals surface area (Å²) in [6.45, 7) is 4.43. The number of hydrogen-bond acceptors (Lipinski definition) is 3. The maximum atomic E-state index is 11.9. The summed E-state index contributed by atoms with van der Waals surface area (Å²) in [7, 11) is 0. The number of hydrogen-bond donors (Lipinski definition) is 2. The molecule has 0 aliphatic rings. The highest BCUT2D eigenvalue weighted by Crippen LogP contribution is 2.12. The van der Waals surface area contributed by atoms with Gasteiger partial charge in [0.15, 0.2) is 0 Å². The van der Waals surface area contributed by atoms with Gasteiger partial charge in [-0.2, -0.15) is 5.26 Å². The van der Waals surface area contributed by atoms with Gasteiger partial charge in [0.25, 0.3) is 0 Å². The lowest BCUT2D eigenvalue weighted by molar-refractivity contribution is -0.125. The van der Waals surface area contributed by atoms with Crippen LogP contribution in [0, 0.1) is 17.2 Å². The van der Waals surface area contributed by atoms with E-state index in [0.717, 1.165) is 18.4 Å². The van der Waals surface area contributed by atoms with Crippen LogP contribution in [0.25, 0.3) is 0 Å². The molecule has 0 saturated heterocycles. The summed E-state index contributed by atoms with van der Waals surface area (Å²) >= 11 is 0. The Labute approximate surface area is 125 Å². The first-order valence-corrected chi connectivity index (χ1v) is 7.14. The second kappa shape index (κ2) is 8.75. The molecule has 21 heavy (non-hydrogen) atoms. The summed E-state index contributed by atoms with van der Waals surface area (Å²) < 4.78 is 0. The van der Waals surface area contributed by atoms with Gasteiger partial charge in [0.1, 0.15) is 6.42 Å². The van der Waals surface area contributed by atoms with E-state index in [9.17, 15) is 9.59 Å². The van der Waals surface area contributed by atoms with Crippen LogP contribution in [0.2, 0.25) is 0 Å². The number of nitrogens with zero attached hydrogens (tertiary/aromatic N) is 1. The molecule has 0 bridgehead atoms. The Balaban J connectivity index is 2.59. The zero-order chi connectivity index (χ0) is 15.7.